The summed E-state index contributed by atoms with van der Waals surface area (Å²) in [5, 5.41) is 11.9. The van der Waals surface area contributed by atoms with Gasteiger partial charge in [0, 0.05) is 0 Å². The Morgan fingerprint density at radius 2 is 1.84 bits per heavy atom. The third-order valence-corrected chi connectivity index (χ3v) is 7.75. The van der Waals surface area contributed by atoms with Crippen molar-refractivity contribution in [2.24, 2.45) is 0 Å². The molecule has 0 spiro atoms. The van der Waals surface area contributed by atoms with Crippen molar-refractivity contribution in [3.8, 4) is 16.9 Å². The number of aromatic hydroxyl groups is 1. The lowest BCUT2D eigenvalue weighted by Crippen LogP contribution is -2.33. The van der Waals surface area contributed by atoms with Crippen LogP contribution in [0.1, 0.15) is 12.5 Å². The van der Waals surface area contributed by atoms with Gasteiger partial charge in [-0.05, 0) is 52.6 Å². The van der Waals surface area contributed by atoms with Crippen LogP contribution in [0.2, 0.25) is 0 Å². The molecule has 1 heterocycles. The second-order valence-corrected chi connectivity index (χ2v) is 9.95. The number of nitrogens with zero attached hydrogens (tertiary/aromatic N) is 2. The number of anilines is 1. The highest BCUT2D eigenvalue weighted by atomic mass is 127. The van der Waals surface area contributed by atoms with Gasteiger partial charge in [-0.3, -0.25) is 9.59 Å². The molecule has 4 rings (SSSR count). The molecule has 3 aromatic carbocycles. The molecular weight excluding hydrogens is 547 g/mol. The Morgan fingerprint density at radius 3 is 2.53 bits per heavy atom. The van der Waals surface area contributed by atoms with E-state index in [1.165, 1.54) is 6.07 Å². The monoisotopic (exact) mass is 566 g/mol. The minimum absolute atomic E-state index is 0.00552. The summed E-state index contributed by atoms with van der Waals surface area (Å²) in [5.74, 6) is -1.78. The molecule has 166 valence electrons. The summed E-state index contributed by atoms with van der Waals surface area (Å²) >= 11 is 1.61. The van der Waals surface area contributed by atoms with E-state index in [9.17, 15) is 23.1 Å². The highest BCUT2D eigenvalue weighted by molar-refractivity contribution is 14.1. The van der Waals surface area contributed by atoms with E-state index in [4.69, 9.17) is 4.74 Å². The van der Waals surface area contributed by atoms with Gasteiger partial charge < -0.3 is 9.84 Å². The SMILES string of the molecule is CCOC(=O)Cc1cccc(-c2ccc3cc(O)c(N4N(I)C(=O)CS4(=O)=O)cc3c2)c1. The van der Waals surface area contributed by atoms with Gasteiger partial charge in [0.05, 0.1) is 35.9 Å². The highest BCUT2D eigenvalue weighted by Gasteiger charge is 2.42. The van der Waals surface area contributed by atoms with Crippen molar-refractivity contribution in [1.82, 2.24) is 3.22 Å². The van der Waals surface area contributed by atoms with Crippen LogP contribution >= 0.6 is 22.9 Å². The molecule has 1 N–H and O–H groups in total. The fraction of sp³-hybridized carbons (Fsp3) is 0.182. The molecule has 0 atom stereocenters. The van der Waals surface area contributed by atoms with E-state index in [1.54, 1.807) is 35.9 Å². The van der Waals surface area contributed by atoms with E-state index >= 15 is 0 Å². The Hall–Kier alpha value is -2.86. The number of carbonyl (C=O) groups is 2. The number of benzene rings is 3. The number of sulfonamides is 1. The number of hydrogen-bond donors (Lipinski definition) is 1. The van der Waals surface area contributed by atoms with Crippen molar-refractivity contribution >= 4 is 61.2 Å². The van der Waals surface area contributed by atoms with Gasteiger partial charge in [0.15, 0.2) is 5.75 Å². The lowest BCUT2D eigenvalue weighted by Gasteiger charge is -2.23. The maximum atomic E-state index is 12.4. The van der Waals surface area contributed by atoms with Crippen molar-refractivity contribution < 1.29 is 27.9 Å². The number of ether oxygens (including phenoxy) is 1. The molecule has 0 aliphatic carbocycles. The number of amides is 1. The number of fused-ring (bicyclic) bond motifs is 1. The molecule has 32 heavy (non-hydrogen) atoms. The average Bonchev–Trinajstić information content (AvgIpc) is 2.94. The second kappa shape index (κ2) is 8.58. The molecule has 1 aliphatic heterocycles. The number of hydrazine groups is 1. The Morgan fingerprint density at radius 1 is 1.09 bits per heavy atom. The van der Waals surface area contributed by atoms with Crippen molar-refractivity contribution in [3.05, 3.63) is 60.2 Å². The summed E-state index contributed by atoms with van der Waals surface area (Å²) in [6.07, 6.45) is 0.166. The average molecular weight is 566 g/mol. The van der Waals surface area contributed by atoms with Crippen LogP contribution in [-0.4, -0.2) is 41.0 Å². The Labute approximate surface area is 198 Å². The third-order valence-electron chi connectivity index (χ3n) is 4.99. The van der Waals surface area contributed by atoms with Crippen molar-refractivity contribution in [3.63, 3.8) is 0 Å². The standard InChI is InChI=1S/C22H19IN2O6S/c1-2-31-22(28)9-14-4-3-5-15(8-14)16-6-7-17-12-20(26)19(11-18(17)10-16)25-24(23)21(27)13-32(25,29)30/h3-8,10-12,26H,2,9,13H2,1H3. The second-order valence-electron chi connectivity index (χ2n) is 7.24. The molecular formula is C22H19IN2O6S. The van der Waals surface area contributed by atoms with E-state index in [1.807, 2.05) is 42.5 Å². The quantitative estimate of drug-likeness (QED) is 0.288. The van der Waals surface area contributed by atoms with Gasteiger partial charge in [0.2, 0.25) is 0 Å². The summed E-state index contributed by atoms with van der Waals surface area (Å²) in [7, 11) is -3.92. The van der Waals surface area contributed by atoms with Crippen LogP contribution in [0.4, 0.5) is 5.69 Å². The van der Waals surface area contributed by atoms with Gasteiger partial charge in [-0.1, -0.05) is 36.4 Å². The lowest BCUT2D eigenvalue weighted by atomic mass is 9.98. The van der Waals surface area contributed by atoms with E-state index in [2.05, 4.69) is 0 Å². The number of halogens is 1. The predicted molar refractivity (Wildman–Crippen MR) is 129 cm³/mol. The zero-order valence-electron chi connectivity index (χ0n) is 17.0. The summed E-state index contributed by atoms with van der Waals surface area (Å²) in [6, 6.07) is 16.1. The Bertz CT molecular complexity index is 1340. The molecule has 0 unspecified atom stereocenters. The molecule has 0 saturated carbocycles. The fourth-order valence-electron chi connectivity index (χ4n) is 3.57. The summed E-state index contributed by atoms with van der Waals surface area (Å²) in [4.78, 5) is 23.7. The Kier molecular flexibility index (Phi) is 5.99. The predicted octanol–water partition coefficient (Wildman–Crippen LogP) is 3.56. The maximum Gasteiger partial charge on any atom is 0.310 e. The first-order chi connectivity index (χ1) is 15.2. The molecule has 8 nitrogen and oxygen atoms in total. The van der Waals surface area contributed by atoms with Gasteiger partial charge >= 0.3 is 5.97 Å². The van der Waals surface area contributed by atoms with Crippen LogP contribution in [0.15, 0.2) is 54.6 Å². The first-order valence-electron chi connectivity index (χ1n) is 9.73. The van der Waals surface area contributed by atoms with Crippen LogP contribution < -0.4 is 4.41 Å². The molecule has 10 heteroatoms. The van der Waals surface area contributed by atoms with Crippen LogP contribution in [0.25, 0.3) is 21.9 Å². The topological polar surface area (TPSA) is 104 Å². The molecule has 1 amide bonds. The van der Waals surface area contributed by atoms with Gasteiger partial charge in [-0.15, -0.1) is 0 Å². The van der Waals surface area contributed by atoms with Gasteiger partial charge in [-0.2, -0.15) is 7.64 Å². The molecule has 1 aliphatic rings. The van der Waals surface area contributed by atoms with Crippen molar-refractivity contribution in [2.45, 2.75) is 13.3 Å². The van der Waals surface area contributed by atoms with Gasteiger partial charge in [0.25, 0.3) is 15.9 Å². The molecule has 0 aromatic heterocycles. The van der Waals surface area contributed by atoms with E-state index in [-0.39, 0.29) is 23.8 Å². The number of phenols is 1. The Balaban J connectivity index is 1.74. The third kappa shape index (κ3) is 4.24. The summed E-state index contributed by atoms with van der Waals surface area (Å²) < 4.78 is 31.7. The largest absolute Gasteiger partial charge is 0.506 e. The van der Waals surface area contributed by atoms with Crippen LogP contribution in [0.5, 0.6) is 5.75 Å². The van der Waals surface area contributed by atoms with Crippen molar-refractivity contribution in [1.29, 1.82) is 0 Å². The molecule has 1 fully saturated rings. The van der Waals surface area contributed by atoms with Gasteiger partial charge in [0.1, 0.15) is 11.4 Å². The zero-order valence-corrected chi connectivity index (χ0v) is 20.0. The number of carbonyl (C=O) groups excluding carboxylic acids is 2. The normalized spacial score (nSPS) is 15.4. The number of esters is 1. The minimum atomic E-state index is -3.92. The number of phenolic OH excluding ortho intramolecular Hbond substituents is 1. The molecule has 1 saturated heterocycles. The fourth-order valence-corrected chi connectivity index (χ4v) is 6.32. The first-order valence-corrected chi connectivity index (χ1v) is 12.3. The van der Waals surface area contributed by atoms with Crippen LogP contribution in [0.3, 0.4) is 0 Å². The van der Waals surface area contributed by atoms with Crippen molar-refractivity contribution in [2.75, 3.05) is 16.8 Å². The minimum Gasteiger partial charge on any atom is -0.506 e. The van der Waals surface area contributed by atoms with Crippen LogP contribution in [0, 0.1) is 0 Å². The van der Waals surface area contributed by atoms with E-state index in [0.29, 0.717) is 17.4 Å². The molecule has 0 bridgehead atoms. The lowest BCUT2D eigenvalue weighted by molar-refractivity contribution is -0.142. The smallest absolute Gasteiger partial charge is 0.310 e. The highest BCUT2D eigenvalue weighted by Crippen LogP contribution is 2.39. The molecule has 3 aromatic rings. The van der Waals surface area contributed by atoms with E-state index in [0.717, 1.165) is 24.3 Å². The molecule has 0 radical (unpaired) electrons. The zero-order chi connectivity index (χ0) is 23.0. The van der Waals surface area contributed by atoms with Gasteiger partial charge in [-0.25, -0.2) is 8.42 Å². The number of hydrogen-bond acceptors (Lipinski definition) is 6. The summed E-state index contributed by atoms with van der Waals surface area (Å²) in [5.41, 5.74) is 2.55. The first kappa shape index (κ1) is 22.3. The van der Waals surface area contributed by atoms with Crippen LogP contribution in [-0.2, 0) is 30.8 Å². The maximum absolute atomic E-state index is 12.4. The van der Waals surface area contributed by atoms with E-state index < -0.39 is 21.7 Å². The summed E-state index contributed by atoms with van der Waals surface area (Å²) in [6.45, 7) is 2.08. The number of rotatable bonds is 5.